The van der Waals surface area contributed by atoms with Crippen LogP contribution in [0.25, 0.3) is 0 Å². The Morgan fingerprint density at radius 3 is 2.83 bits per heavy atom. The molecule has 0 amide bonds. The van der Waals surface area contributed by atoms with Crippen LogP contribution in [0.1, 0.15) is 11.3 Å². The third kappa shape index (κ3) is 3.02. The van der Waals surface area contributed by atoms with Crippen molar-refractivity contribution in [2.24, 2.45) is 5.73 Å². The fourth-order valence-corrected chi connectivity index (χ4v) is 1.93. The van der Waals surface area contributed by atoms with E-state index in [9.17, 15) is 0 Å². The highest BCUT2D eigenvalue weighted by molar-refractivity contribution is 9.10. The fourth-order valence-electron chi connectivity index (χ4n) is 1.50. The van der Waals surface area contributed by atoms with E-state index in [1.54, 1.807) is 12.3 Å². The Hall–Kier alpha value is -1.10. The minimum atomic E-state index is 0.329. The molecule has 0 saturated heterocycles. The Morgan fingerprint density at radius 2 is 2.17 bits per heavy atom. The summed E-state index contributed by atoms with van der Waals surface area (Å²) < 4.78 is 6.63. The maximum Gasteiger partial charge on any atom is 0.151 e. The van der Waals surface area contributed by atoms with Crippen molar-refractivity contribution in [1.82, 2.24) is 4.98 Å². The molecule has 0 unspecified atom stereocenters. The maximum atomic E-state index is 5.97. The van der Waals surface area contributed by atoms with Gasteiger partial charge in [-0.1, -0.05) is 11.6 Å². The highest BCUT2D eigenvalue weighted by Crippen LogP contribution is 2.29. The number of benzene rings is 1. The first-order valence-corrected chi connectivity index (χ1v) is 6.55. The molecule has 0 aliphatic heterocycles. The van der Waals surface area contributed by atoms with E-state index in [2.05, 4.69) is 20.9 Å². The molecule has 0 radical (unpaired) electrons. The molecule has 5 heteroatoms. The molecular formula is C13H12BrClN2O. The molecule has 1 aromatic heterocycles. The Labute approximate surface area is 119 Å². The first kappa shape index (κ1) is 13.3. The average Bonchev–Trinajstić information content (AvgIpc) is 2.34. The molecule has 0 atom stereocenters. The van der Waals surface area contributed by atoms with Crippen LogP contribution in [0.2, 0.25) is 5.02 Å². The van der Waals surface area contributed by atoms with Crippen LogP contribution in [0.3, 0.4) is 0 Å². The molecule has 18 heavy (non-hydrogen) atoms. The van der Waals surface area contributed by atoms with Gasteiger partial charge in [-0.05, 0) is 52.7 Å². The van der Waals surface area contributed by atoms with Crippen LogP contribution in [0.4, 0.5) is 0 Å². The van der Waals surface area contributed by atoms with Crippen molar-refractivity contribution in [2.45, 2.75) is 13.5 Å². The van der Waals surface area contributed by atoms with Crippen LogP contribution in [-0.4, -0.2) is 4.98 Å². The van der Waals surface area contributed by atoms with Gasteiger partial charge in [0.05, 0.1) is 5.69 Å². The predicted octanol–water partition coefficient (Wildman–Crippen LogP) is 4.06. The number of aromatic nitrogens is 1. The lowest BCUT2D eigenvalue weighted by molar-refractivity contribution is 0.472. The van der Waals surface area contributed by atoms with Crippen LogP contribution in [0, 0.1) is 6.92 Å². The molecule has 3 nitrogen and oxygen atoms in total. The van der Waals surface area contributed by atoms with Gasteiger partial charge in [-0.3, -0.25) is 4.98 Å². The fraction of sp³-hybridized carbons (Fsp3) is 0.154. The molecule has 0 aliphatic rings. The van der Waals surface area contributed by atoms with E-state index >= 15 is 0 Å². The van der Waals surface area contributed by atoms with E-state index in [4.69, 9.17) is 22.1 Å². The smallest absolute Gasteiger partial charge is 0.151 e. The summed E-state index contributed by atoms with van der Waals surface area (Å²) in [6, 6.07) is 7.35. The van der Waals surface area contributed by atoms with Gasteiger partial charge in [0.2, 0.25) is 0 Å². The number of hydrogen-bond acceptors (Lipinski definition) is 3. The van der Waals surface area contributed by atoms with E-state index in [0.29, 0.717) is 28.8 Å². The molecule has 2 rings (SSSR count). The standard InChI is InChI=1S/C13H12BrClN2O/c1-8-4-10(2-3-11(8)15)18-13-5-9(14)7-17-12(13)6-16/h2-5,7H,6,16H2,1H3. The summed E-state index contributed by atoms with van der Waals surface area (Å²) in [5, 5.41) is 0.716. The number of aryl methyl sites for hydroxylation is 1. The van der Waals surface area contributed by atoms with Crippen molar-refractivity contribution in [3.05, 3.63) is 51.2 Å². The number of halogens is 2. The molecule has 0 saturated carbocycles. The molecule has 94 valence electrons. The average molecular weight is 328 g/mol. The lowest BCUT2D eigenvalue weighted by Gasteiger charge is -2.10. The van der Waals surface area contributed by atoms with Gasteiger partial charge in [-0.2, -0.15) is 0 Å². The van der Waals surface area contributed by atoms with Gasteiger partial charge in [0.25, 0.3) is 0 Å². The lowest BCUT2D eigenvalue weighted by Crippen LogP contribution is -2.02. The van der Waals surface area contributed by atoms with E-state index in [1.165, 1.54) is 0 Å². The summed E-state index contributed by atoms with van der Waals surface area (Å²) in [7, 11) is 0. The summed E-state index contributed by atoms with van der Waals surface area (Å²) in [6.45, 7) is 2.26. The SMILES string of the molecule is Cc1cc(Oc2cc(Br)cnc2CN)ccc1Cl. The largest absolute Gasteiger partial charge is 0.455 e. The zero-order chi connectivity index (χ0) is 13.1. The second-order valence-electron chi connectivity index (χ2n) is 3.82. The number of nitrogens with two attached hydrogens (primary N) is 1. The summed E-state index contributed by atoms with van der Waals surface area (Å²) >= 11 is 9.33. The maximum absolute atomic E-state index is 5.97. The van der Waals surface area contributed by atoms with Crippen LogP contribution >= 0.6 is 27.5 Å². The number of nitrogens with zero attached hydrogens (tertiary/aromatic N) is 1. The van der Waals surface area contributed by atoms with Crippen LogP contribution < -0.4 is 10.5 Å². The summed E-state index contributed by atoms with van der Waals surface area (Å²) in [5.74, 6) is 1.36. The second-order valence-corrected chi connectivity index (χ2v) is 5.14. The molecular weight excluding hydrogens is 316 g/mol. The van der Waals surface area contributed by atoms with Gasteiger partial charge in [-0.25, -0.2) is 0 Å². The highest BCUT2D eigenvalue weighted by atomic mass is 79.9. The third-order valence-electron chi connectivity index (χ3n) is 2.45. The van der Waals surface area contributed by atoms with Crippen molar-refractivity contribution in [3.8, 4) is 11.5 Å². The molecule has 0 spiro atoms. The van der Waals surface area contributed by atoms with E-state index in [1.807, 2.05) is 25.1 Å². The molecule has 2 N–H and O–H groups in total. The van der Waals surface area contributed by atoms with Gasteiger partial charge < -0.3 is 10.5 Å². The van der Waals surface area contributed by atoms with Crippen molar-refractivity contribution in [1.29, 1.82) is 0 Å². The monoisotopic (exact) mass is 326 g/mol. The van der Waals surface area contributed by atoms with Crippen molar-refractivity contribution in [3.63, 3.8) is 0 Å². The van der Waals surface area contributed by atoms with Crippen molar-refractivity contribution < 1.29 is 4.74 Å². The van der Waals surface area contributed by atoms with Crippen LogP contribution in [0.5, 0.6) is 11.5 Å². The van der Waals surface area contributed by atoms with Crippen molar-refractivity contribution in [2.75, 3.05) is 0 Å². The zero-order valence-electron chi connectivity index (χ0n) is 9.78. The summed E-state index contributed by atoms with van der Waals surface area (Å²) in [6.07, 6.45) is 1.70. The van der Waals surface area contributed by atoms with E-state index in [0.717, 1.165) is 10.0 Å². The number of pyridine rings is 1. The molecule has 0 aliphatic carbocycles. The van der Waals surface area contributed by atoms with Crippen LogP contribution in [-0.2, 0) is 6.54 Å². The van der Waals surface area contributed by atoms with Gasteiger partial charge in [0.1, 0.15) is 5.75 Å². The Balaban J connectivity index is 2.33. The Morgan fingerprint density at radius 1 is 1.39 bits per heavy atom. The minimum absolute atomic E-state index is 0.329. The zero-order valence-corrected chi connectivity index (χ0v) is 12.1. The van der Waals surface area contributed by atoms with Crippen molar-refractivity contribution >= 4 is 27.5 Å². The number of ether oxygens (including phenoxy) is 1. The van der Waals surface area contributed by atoms with Crippen LogP contribution in [0.15, 0.2) is 34.9 Å². The first-order valence-electron chi connectivity index (χ1n) is 5.38. The quantitative estimate of drug-likeness (QED) is 0.925. The second kappa shape index (κ2) is 5.69. The lowest BCUT2D eigenvalue weighted by atomic mass is 10.2. The molecule has 1 heterocycles. The minimum Gasteiger partial charge on any atom is -0.455 e. The number of hydrogen-bond donors (Lipinski definition) is 1. The molecule has 0 bridgehead atoms. The van der Waals surface area contributed by atoms with E-state index in [-0.39, 0.29) is 0 Å². The first-order chi connectivity index (χ1) is 8.60. The van der Waals surface area contributed by atoms with Gasteiger partial charge in [0.15, 0.2) is 5.75 Å². The predicted molar refractivity (Wildman–Crippen MR) is 76.1 cm³/mol. The molecule has 2 aromatic rings. The Bertz CT molecular complexity index is 575. The normalized spacial score (nSPS) is 10.4. The summed E-state index contributed by atoms with van der Waals surface area (Å²) in [4.78, 5) is 4.21. The molecule has 1 aromatic carbocycles. The highest BCUT2D eigenvalue weighted by Gasteiger charge is 2.07. The van der Waals surface area contributed by atoms with Gasteiger partial charge >= 0.3 is 0 Å². The van der Waals surface area contributed by atoms with E-state index < -0.39 is 0 Å². The summed E-state index contributed by atoms with van der Waals surface area (Å²) in [5.41, 5.74) is 7.31. The molecule has 0 fully saturated rings. The Kier molecular flexibility index (Phi) is 4.22. The van der Waals surface area contributed by atoms with Gasteiger partial charge in [-0.15, -0.1) is 0 Å². The van der Waals surface area contributed by atoms with Gasteiger partial charge in [0, 0.05) is 22.2 Å². The topological polar surface area (TPSA) is 48.1 Å². The number of rotatable bonds is 3. The third-order valence-corrected chi connectivity index (χ3v) is 3.31.